The summed E-state index contributed by atoms with van der Waals surface area (Å²) in [5, 5.41) is 4.55. The van der Waals surface area contributed by atoms with Crippen LogP contribution < -0.4 is 14.9 Å². The van der Waals surface area contributed by atoms with Crippen molar-refractivity contribution >= 4 is 57.2 Å². The first-order valence-corrected chi connectivity index (χ1v) is 10.9. The molecule has 9 heteroatoms. The molecule has 0 aromatic heterocycles. The quantitative estimate of drug-likeness (QED) is 0.177. The van der Waals surface area contributed by atoms with Gasteiger partial charge in [0.1, 0.15) is 11.5 Å². The molecule has 0 fully saturated rings. The van der Waals surface area contributed by atoms with Crippen LogP contribution in [0.5, 0.6) is 11.5 Å². The van der Waals surface area contributed by atoms with E-state index in [1.807, 2.05) is 12.1 Å². The predicted octanol–water partition coefficient (Wildman–Crippen LogP) is 5.89. The van der Waals surface area contributed by atoms with Gasteiger partial charge < -0.3 is 9.47 Å². The van der Waals surface area contributed by atoms with E-state index >= 15 is 0 Å². The van der Waals surface area contributed by atoms with Gasteiger partial charge in [-0.1, -0.05) is 51.3 Å². The Bertz CT molecular complexity index is 1150. The van der Waals surface area contributed by atoms with Gasteiger partial charge >= 0.3 is 5.97 Å². The van der Waals surface area contributed by atoms with Crippen molar-refractivity contribution in [1.29, 1.82) is 0 Å². The summed E-state index contributed by atoms with van der Waals surface area (Å²) in [5.41, 5.74) is 3.23. The molecule has 32 heavy (non-hydrogen) atoms. The normalized spacial score (nSPS) is 11.8. The van der Waals surface area contributed by atoms with Crippen molar-refractivity contribution in [2.24, 2.45) is 5.10 Å². The summed E-state index contributed by atoms with van der Waals surface area (Å²) in [4.78, 5) is 24.5. The lowest BCUT2D eigenvalue weighted by atomic mass is 10.2. The maximum Gasteiger partial charge on any atom is 0.345 e. The van der Waals surface area contributed by atoms with E-state index in [-0.39, 0.29) is 10.6 Å². The molecule has 0 aliphatic rings. The maximum atomic E-state index is 12.3. The van der Waals surface area contributed by atoms with Gasteiger partial charge in [-0.05, 0) is 67.1 Å². The third-order valence-corrected chi connectivity index (χ3v) is 5.18. The molecule has 0 heterocycles. The minimum Gasteiger partial charge on any atom is -0.481 e. The first kappa shape index (κ1) is 23.8. The summed E-state index contributed by atoms with van der Waals surface area (Å²) in [5.74, 6) is -0.171. The van der Waals surface area contributed by atoms with Crippen LogP contribution in [-0.4, -0.2) is 24.2 Å². The third-order valence-electron chi connectivity index (χ3n) is 4.10. The molecule has 3 aromatic rings. The Hall–Kier alpha value is -2.87. The second-order valence-corrected chi connectivity index (χ2v) is 8.29. The average Bonchev–Trinajstić information content (AvgIpc) is 2.75. The van der Waals surface area contributed by atoms with Gasteiger partial charge in [0.2, 0.25) is 0 Å². The highest BCUT2D eigenvalue weighted by Gasteiger charge is 2.15. The second-order valence-electron chi connectivity index (χ2n) is 6.53. The zero-order valence-electron chi connectivity index (χ0n) is 16.7. The van der Waals surface area contributed by atoms with Crippen molar-refractivity contribution in [2.75, 3.05) is 0 Å². The average molecular weight is 536 g/mol. The fourth-order valence-corrected chi connectivity index (χ4v) is 3.26. The van der Waals surface area contributed by atoms with E-state index in [1.54, 1.807) is 49.4 Å². The highest BCUT2D eigenvalue weighted by Crippen LogP contribution is 2.23. The SMILES string of the molecule is CC(Oc1ccc(Br)cc1)C(=O)N/N=C/c1cccc(OC(=O)c2ccc(Cl)cc2Cl)c1. The van der Waals surface area contributed by atoms with Crippen LogP contribution in [0.2, 0.25) is 10.0 Å². The highest BCUT2D eigenvalue weighted by molar-refractivity contribution is 9.10. The molecule has 1 atom stereocenters. The number of nitrogens with zero attached hydrogens (tertiary/aromatic N) is 1. The van der Waals surface area contributed by atoms with Crippen LogP contribution in [0.15, 0.2) is 76.3 Å². The van der Waals surface area contributed by atoms with Crippen LogP contribution in [0.4, 0.5) is 0 Å². The van der Waals surface area contributed by atoms with Crippen LogP contribution in [0, 0.1) is 0 Å². The number of rotatable bonds is 7. The summed E-state index contributed by atoms with van der Waals surface area (Å²) in [6.07, 6.45) is 0.682. The summed E-state index contributed by atoms with van der Waals surface area (Å²) in [7, 11) is 0. The first-order chi connectivity index (χ1) is 15.3. The maximum absolute atomic E-state index is 12.3. The van der Waals surface area contributed by atoms with Crippen LogP contribution in [-0.2, 0) is 4.79 Å². The van der Waals surface area contributed by atoms with Crippen molar-refractivity contribution < 1.29 is 19.1 Å². The standard InChI is InChI=1S/C23H17BrCl2N2O4/c1-14(31-18-8-5-16(24)6-9-18)22(29)28-27-13-15-3-2-4-19(11-15)32-23(30)20-10-7-17(25)12-21(20)26/h2-14H,1H3,(H,28,29)/b27-13+. The molecule has 0 aliphatic carbocycles. The minimum atomic E-state index is -0.746. The lowest BCUT2D eigenvalue weighted by molar-refractivity contribution is -0.127. The molecule has 0 radical (unpaired) electrons. The van der Waals surface area contributed by atoms with Crippen LogP contribution >= 0.6 is 39.1 Å². The van der Waals surface area contributed by atoms with Crippen molar-refractivity contribution in [2.45, 2.75) is 13.0 Å². The smallest absolute Gasteiger partial charge is 0.345 e. The Morgan fingerprint density at radius 1 is 1.03 bits per heavy atom. The molecule has 1 N–H and O–H groups in total. The van der Waals surface area contributed by atoms with E-state index in [1.165, 1.54) is 18.3 Å². The van der Waals surface area contributed by atoms with Crippen LogP contribution in [0.25, 0.3) is 0 Å². The van der Waals surface area contributed by atoms with E-state index in [0.717, 1.165) is 4.47 Å². The number of halogens is 3. The number of hydrogen-bond acceptors (Lipinski definition) is 5. The van der Waals surface area contributed by atoms with Gasteiger partial charge in [-0.15, -0.1) is 0 Å². The molecular formula is C23H17BrCl2N2O4. The second kappa shape index (κ2) is 11.1. The van der Waals surface area contributed by atoms with E-state index < -0.39 is 18.0 Å². The zero-order valence-corrected chi connectivity index (χ0v) is 19.8. The fraction of sp³-hybridized carbons (Fsp3) is 0.0870. The van der Waals surface area contributed by atoms with Gasteiger partial charge in [0.15, 0.2) is 6.10 Å². The number of hydrazone groups is 1. The lowest BCUT2D eigenvalue weighted by Gasteiger charge is -2.12. The number of carbonyl (C=O) groups is 2. The van der Waals surface area contributed by atoms with Gasteiger partial charge in [0.25, 0.3) is 5.91 Å². The summed E-state index contributed by atoms with van der Waals surface area (Å²) in [6.45, 7) is 1.62. The van der Waals surface area contributed by atoms with Gasteiger partial charge in [0, 0.05) is 9.50 Å². The molecule has 0 bridgehead atoms. The number of ether oxygens (including phenoxy) is 2. The summed E-state index contributed by atoms with van der Waals surface area (Å²) >= 11 is 15.2. The molecule has 0 aliphatic heterocycles. The van der Waals surface area contributed by atoms with Crippen LogP contribution in [0.1, 0.15) is 22.8 Å². The molecule has 0 saturated heterocycles. The predicted molar refractivity (Wildman–Crippen MR) is 128 cm³/mol. The zero-order chi connectivity index (χ0) is 23.1. The van der Waals surface area contributed by atoms with Gasteiger partial charge in [0.05, 0.1) is 16.8 Å². The van der Waals surface area contributed by atoms with E-state index in [4.69, 9.17) is 32.7 Å². The molecule has 1 amide bonds. The molecule has 6 nitrogen and oxygen atoms in total. The molecule has 3 aromatic carbocycles. The number of amides is 1. The Labute approximate surface area is 203 Å². The molecule has 3 rings (SSSR count). The summed E-state index contributed by atoms with van der Waals surface area (Å²) < 4.78 is 11.8. The monoisotopic (exact) mass is 534 g/mol. The minimum absolute atomic E-state index is 0.196. The van der Waals surface area contributed by atoms with Crippen molar-refractivity contribution in [3.63, 3.8) is 0 Å². The fourth-order valence-electron chi connectivity index (χ4n) is 2.51. The number of hydrogen-bond donors (Lipinski definition) is 1. The van der Waals surface area contributed by atoms with Crippen LogP contribution in [0.3, 0.4) is 0 Å². The molecule has 0 saturated carbocycles. The number of benzene rings is 3. The molecule has 164 valence electrons. The van der Waals surface area contributed by atoms with Gasteiger partial charge in [-0.2, -0.15) is 5.10 Å². The Kier molecular flexibility index (Phi) is 8.27. The van der Waals surface area contributed by atoms with Crippen molar-refractivity contribution in [3.05, 3.63) is 92.4 Å². The first-order valence-electron chi connectivity index (χ1n) is 9.34. The van der Waals surface area contributed by atoms with Gasteiger partial charge in [-0.3, -0.25) is 4.79 Å². The van der Waals surface area contributed by atoms with Gasteiger partial charge in [-0.25, -0.2) is 10.2 Å². The largest absolute Gasteiger partial charge is 0.481 e. The number of nitrogens with one attached hydrogen (secondary N) is 1. The van der Waals surface area contributed by atoms with E-state index in [0.29, 0.717) is 22.1 Å². The Morgan fingerprint density at radius 3 is 2.50 bits per heavy atom. The van der Waals surface area contributed by atoms with E-state index in [2.05, 4.69) is 26.5 Å². The van der Waals surface area contributed by atoms with Crippen molar-refractivity contribution in [3.8, 4) is 11.5 Å². The van der Waals surface area contributed by atoms with E-state index in [9.17, 15) is 9.59 Å². The number of esters is 1. The van der Waals surface area contributed by atoms with Crippen molar-refractivity contribution in [1.82, 2.24) is 5.43 Å². The molecule has 0 spiro atoms. The summed E-state index contributed by atoms with van der Waals surface area (Å²) in [6, 6.07) is 18.3. The molecule has 1 unspecified atom stereocenters. The third kappa shape index (κ3) is 6.82. The Balaban J connectivity index is 1.57. The lowest BCUT2D eigenvalue weighted by Crippen LogP contribution is -2.33. The highest BCUT2D eigenvalue weighted by atomic mass is 79.9. The molecular weight excluding hydrogens is 519 g/mol. The number of carbonyl (C=O) groups excluding carboxylic acids is 2. The topological polar surface area (TPSA) is 77.0 Å². The Morgan fingerprint density at radius 2 is 1.78 bits per heavy atom.